The summed E-state index contributed by atoms with van der Waals surface area (Å²) in [6.07, 6.45) is 9.18. The number of allylic oxidation sites excluding steroid dienone is 3. The molecule has 1 N–H and O–H groups in total. The molecule has 6 atom stereocenters. The first-order valence-corrected chi connectivity index (χ1v) is 5.89. The molecule has 0 heterocycles. The molecule has 2 saturated carbocycles. The van der Waals surface area contributed by atoms with Crippen LogP contribution in [0.1, 0.15) is 12.8 Å². The zero-order valence-corrected chi connectivity index (χ0v) is 8.47. The first-order chi connectivity index (χ1) is 7.25. The standard InChI is InChI=1S/C13H14O2/c14-13(15)10-5-8-4-9(10)12-7-2-1-6(3-7)11(8)12/h1-2,5-9,11-12H,3-4H2,(H,14,15). The molecule has 0 aromatic rings. The Morgan fingerprint density at radius 3 is 2.60 bits per heavy atom. The first kappa shape index (κ1) is 8.14. The number of carboxylic acids is 1. The van der Waals surface area contributed by atoms with Crippen molar-refractivity contribution in [2.45, 2.75) is 12.8 Å². The van der Waals surface area contributed by atoms with Crippen molar-refractivity contribution in [3.8, 4) is 0 Å². The van der Waals surface area contributed by atoms with Crippen LogP contribution in [0.3, 0.4) is 0 Å². The summed E-state index contributed by atoms with van der Waals surface area (Å²) in [6, 6.07) is 0. The van der Waals surface area contributed by atoms with Gasteiger partial charge in [-0.15, -0.1) is 0 Å². The highest BCUT2D eigenvalue weighted by Crippen LogP contribution is 2.64. The Hall–Kier alpha value is -1.05. The Balaban J connectivity index is 1.77. The molecule has 15 heavy (non-hydrogen) atoms. The lowest BCUT2D eigenvalue weighted by molar-refractivity contribution is -0.133. The molecule has 78 valence electrons. The van der Waals surface area contributed by atoms with Crippen LogP contribution in [0.2, 0.25) is 0 Å². The van der Waals surface area contributed by atoms with Crippen molar-refractivity contribution >= 4 is 5.97 Å². The molecule has 0 saturated heterocycles. The van der Waals surface area contributed by atoms with Crippen LogP contribution < -0.4 is 0 Å². The van der Waals surface area contributed by atoms with Crippen LogP contribution in [0.4, 0.5) is 0 Å². The Morgan fingerprint density at radius 2 is 1.87 bits per heavy atom. The van der Waals surface area contributed by atoms with Gasteiger partial charge in [-0.3, -0.25) is 0 Å². The van der Waals surface area contributed by atoms with E-state index in [1.165, 1.54) is 6.42 Å². The van der Waals surface area contributed by atoms with E-state index in [2.05, 4.69) is 18.2 Å². The van der Waals surface area contributed by atoms with Gasteiger partial charge in [0.1, 0.15) is 0 Å². The molecule has 0 aromatic carbocycles. The Labute approximate surface area is 88.7 Å². The van der Waals surface area contributed by atoms with Crippen molar-refractivity contribution < 1.29 is 9.90 Å². The van der Waals surface area contributed by atoms with Gasteiger partial charge in [0.05, 0.1) is 0 Å². The molecule has 6 unspecified atom stereocenters. The van der Waals surface area contributed by atoms with Gasteiger partial charge < -0.3 is 5.11 Å². The van der Waals surface area contributed by atoms with E-state index in [1.54, 1.807) is 0 Å². The lowest BCUT2D eigenvalue weighted by Crippen LogP contribution is -2.27. The number of fused-ring (bicyclic) bond motifs is 9. The number of carbonyl (C=O) groups is 1. The normalized spacial score (nSPS) is 53.5. The van der Waals surface area contributed by atoms with E-state index in [4.69, 9.17) is 5.11 Å². The zero-order chi connectivity index (χ0) is 10.2. The Bertz CT molecular complexity index is 407. The van der Waals surface area contributed by atoms with Crippen molar-refractivity contribution in [2.24, 2.45) is 35.5 Å². The van der Waals surface area contributed by atoms with Crippen LogP contribution in [0.5, 0.6) is 0 Å². The average Bonchev–Trinajstić information content (AvgIpc) is 2.95. The molecule has 0 spiro atoms. The van der Waals surface area contributed by atoms with E-state index in [0.29, 0.717) is 23.7 Å². The van der Waals surface area contributed by atoms with E-state index in [0.717, 1.165) is 23.8 Å². The van der Waals surface area contributed by atoms with Crippen molar-refractivity contribution in [2.75, 3.05) is 0 Å². The molecule has 2 nitrogen and oxygen atoms in total. The summed E-state index contributed by atoms with van der Waals surface area (Å²) in [5.41, 5.74) is 0.724. The van der Waals surface area contributed by atoms with Crippen molar-refractivity contribution in [1.82, 2.24) is 0 Å². The van der Waals surface area contributed by atoms with Crippen LogP contribution in [-0.4, -0.2) is 11.1 Å². The van der Waals surface area contributed by atoms with Crippen molar-refractivity contribution in [1.29, 1.82) is 0 Å². The maximum Gasteiger partial charge on any atom is 0.331 e. The fourth-order valence-corrected chi connectivity index (χ4v) is 4.77. The Kier molecular flexibility index (Phi) is 1.29. The van der Waals surface area contributed by atoms with Crippen LogP contribution in [-0.2, 0) is 4.79 Å². The van der Waals surface area contributed by atoms with Gasteiger partial charge in [-0.25, -0.2) is 4.79 Å². The van der Waals surface area contributed by atoms with Gasteiger partial charge in [-0.2, -0.15) is 0 Å². The van der Waals surface area contributed by atoms with Crippen LogP contribution in [0.25, 0.3) is 0 Å². The third-order valence-corrected chi connectivity index (χ3v) is 5.11. The summed E-state index contributed by atoms with van der Waals surface area (Å²) >= 11 is 0. The molecular weight excluding hydrogens is 188 g/mol. The quantitative estimate of drug-likeness (QED) is 0.522. The summed E-state index contributed by atoms with van der Waals surface area (Å²) in [6.45, 7) is 0. The topological polar surface area (TPSA) is 37.3 Å². The first-order valence-electron chi connectivity index (χ1n) is 5.89. The summed E-state index contributed by atoms with van der Waals surface area (Å²) in [7, 11) is 0. The molecule has 0 aliphatic heterocycles. The average molecular weight is 202 g/mol. The van der Waals surface area contributed by atoms with Gasteiger partial charge >= 0.3 is 5.97 Å². The molecule has 0 radical (unpaired) electrons. The summed E-state index contributed by atoms with van der Waals surface area (Å²) in [4.78, 5) is 11.1. The Morgan fingerprint density at radius 1 is 1.13 bits per heavy atom. The van der Waals surface area contributed by atoms with Gasteiger partial charge in [0.2, 0.25) is 0 Å². The van der Waals surface area contributed by atoms with Crippen molar-refractivity contribution in [3.63, 3.8) is 0 Å². The lowest BCUT2D eigenvalue weighted by atomic mass is 9.74. The van der Waals surface area contributed by atoms with Gasteiger partial charge in [-0.1, -0.05) is 18.2 Å². The van der Waals surface area contributed by atoms with E-state index in [1.807, 2.05) is 0 Å². The maximum absolute atomic E-state index is 11.1. The summed E-state index contributed by atoms with van der Waals surface area (Å²) < 4.78 is 0. The molecule has 2 heteroatoms. The predicted octanol–water partition coefficient (Wildman–Crippen LogP) is 2.09. The largest absolute Gasteiger partial charge is 0.478 e. The minimum absolute atomic E-state index is 0.373. The molecule has 4 aliphatic rings. The van der Waals surface area contributed by atoms with E-state index >= 15 is 0 Å². The molecule has 0 aromatic heterocycles. The second-order valence-corrected chi connectivity index (χ2v) is 5.54. The van der Waals surface area contributed by atoms with E-state index < -0.39 is 5.97 Å². The minimum Gasteiger partial charge on any atom is -0.478 e. The zero-order valence-electron chi connectivity index (χ0n) is 8.47. The molecule has 4 rings (SSSR count). The molecule has 0 amide bonds. The molecule has 2 fully saturated rings. The third-order valence-electron chi connectivity index (χ3n) is 5.11. The summed E-state index contributed by atoms with van der Waals surface area (Å²) in [5, 5.41) is 9.14. The van der Waals surface area contributed by atoms with Crippen LogP contribution in [0, 0.1) is 35.5 Å². The molecule has 4 bridgehead atoms. The highest BCUT2D eigenvalue weighted by Gasteiger charge is 2.59. The maximum atomic E-state index is 11.1. The smallest absolute Gasteiger partial charge is 0.331 e. The fourth-order valence-electron chi connectivity index (χ4n) is 4.77. The predicted molar refractivity (Wildman–Crippen MR) is 55.0 cm³/mol. The summed E-state index contributed by atoms with van der Waals surface area (Å²) in [5.74, 6) is 3.19. The monoisotopic (exact) mass is 202 g/mol. The SMILES string of the molecule is O=C(O)C1=CC2CC1C1C3C=CC(C3)C21. The van der Waals surface area contributed by atoms with Crippen LogP contribution >= 0.6 is 0 Å². The van der Waals surface area contributed by atoms with Crippen molar-refractivity contribution in [3.05, 3.63) is 23.8 Å². The highest BCUT2D eigenvalue weighted by atomic mass is 16.4. The second-order valence-electron chi connectivity index (χ2n) is 5.54. The van der Waals surface area contributed by atoms with E-state index in [-0.39, 0.29) is 0 Å². The highest BCUT2D eigenvalue weighted by molar-refractivity contribution is 5.88. The fraction of sp³-hybridized carbons (Fsp3) is 0.615. The lowest BCUT2D eigenvalue weighted by Gasteiger charge is -2.30. The van der Waals surface area contributed by atoms with E-state index in [9.17, 15) is 4.79 Å². The van der Waals surface area contributed by atoms with Gasteiger partial charge in [0.25, 0.3) is 0 Å². The molecular formula is C13H14O2. The molecule has 4 aliphatic carbocycles. The number of carboxylic acid groups (broad SMARTS) is 1. The van der Waals surface area contributed by atoms with Gasteiger partial charge in [-0.05, 0) is 48.3 Å². The van der Waals surface area contributed by atoms with Crippen LogP contribution in [0.15, 0.2) is 23.8 Å². The van der Waals surface area contributed by atoms with Gasteiger partial charge in [0, 0.05) is 5.57 Å². The minimum atomic E-state index is -0.673. The number of hydrogen-bond acceptors (Lipinski definition) is 1. The third kappa shape index (κ3) is 0.804. The number of aliphatic carboxylic acids is 1. The number of rotatable bonds is 1. The van der Waals surface area contributed by atoms with Gasteiger partial charge in [0.15, 0.2) is 0 Å². The second kappa shape index (κ2) is 2.37. The number of hydrogen-bond donors (Lipinski definition) is 1.